The Balaban J connectivity index is 1.81. The second kappa shape index (κ2) is 4.20. The van der Waals surface area contributed by atoms with Gasteiger partial charge in [-0.15, -0.1) is 0 Å². The minimum absolute atomic E-state index is 0.163. The van der Waals surface area contributed by atoms with E-state index in [0.717, 1.165) is 6.42 Å². The maximum Gasteiger partial charge on any atom is 0.311 e. The van der Waals surface area contributed by atoms with Crippen molar-refractivity contribution in [2.75, 3.05) is 0 Å². The van der Waals surface area contributed by atoms with E-state index in [1.807, 2.05) is 26.8 Å². The lowest BCUT2D eigenvalue weighted by Crippen LogP contribution is -2.43. The number of carbonyl (C=O) groups excluding carboxylic acids is 1. The molecule has 0 aromatic carbocycles. The maximum atomic E-state index is 12.1. The van der Waals surface area contributed by atoms with Crippen molar-refractivity contribution < 1.29 is 14.6 Å². The van der Waals surface area contributed by atoms with E-state index in [9.17, 15) is 9.90 Å². The summed E-state index contributed by atoms with van der Waals surface area (Å²) in [5.74, 6) is 1.21. The number of aliphatic hydroxyl groups excluding tert-OH is 1. The molecule has 104 valence electrons. The number of carbonyl (C=O) groups is 1. The molecule has 2 unspecified atom stereocenters. The number of aliphatic hydroxyl groups is 1. The molecule has 3 rings (SSSR count). The van der Waals surface area contributed by atoms with E-state index in [0.29, 0.717) is 11.8 Å². The summed E-state index contributed by atoms with van der Waals surface area (Å²) in [6, 6.07) is 0. The lowest BCUT2D eigenvalue weighted by molar-refractivity contribution is -0.161. The van der Waals surface area contributed by atoms with Gasteiger partial charge in [-0.05, 0) is 45.1 Å². The van der Waals surface area contributed by atoms with Crippen molar-refractivity contribution in [3.05, 3.63) is 24.3 Å². The molecule has 0 amide bonds. The summed E-state index contributed by atoms with van der Waals surface area (Å²) < 4.78 is 5.70. The zero-order chi connectivity index (χ0) is 13.8. The molecule has 0 aliphatic heterocycles. The normalized spacial score (nSPS) is 43.4. The number of ether oxygens (including phenoxy) is 1. The second-order valence-electron chi connectivity index (χ2n) is 7.10. The summed E-state index contributed by atoms with van der Waals surface area (Å²) in [5, 5.41) is 10.2. The number of hydrogen-bond donors (Lipinski definition) is 1. The van der Waals surface area contributed by atoms with Crippen LogP contribution < -0.4 is 0 Å². The summed E-state index contributed by atoms with van der Waals surface area (Å²) in [6.07, 6.45) is 8.65. The second-order valence-corrected chi connectivity index (χ2v) is 7.10. The highest BCUT2D eigenvalue weighted by molar-refractivity contribution is 5.75. The van der Waals surface area contributed by atoms with Crippen LogP contribution in [0, 0.1) is 29.1 Å². The van der Waals surface area contributed by atoms with Gasteiger partial charge in [-0.1, -0.05) is 18.2 Å². The number of hydrogen-bond acceptors (Lipinski definition) is 3. The molecule has 19 heavy (non-hydrogen) atoms. The molecule has 6 atom stereocenters. The Morgan fingerprint density at radius 1 is 1.11 bits per heavy atom. The molecule has 0 radical (unpaired) electrons. The molecule has 1 saturated carbocycles. The Labute approximate surface area is 114 Å². The van der Waals surface area contributed by atoms with Gasteiger partial charge in [0.2, 0.25) is 0 Å². The predicted molar refractivity (Wildman–Crippen MR) is 72.2 cm³/mol. The Kier molecular flexibility index (Phi) is 2.86. The number of esters is 1. The first-order valence-electron chi connectivity index (χ1n) is 7.14. The maximum absolute atomic E-state index is 12.1. The summed E-state index contributed by atoms with van der Waals surface area (Å²) >= 11 is 0. The third-order valence-corrected chi connectivity index (χ3v) is 4.71. The quantitative estimate of drug-likeness (QED) is 0.582. The van der Waals surface area contributed by atoms with Crippen molar-refractivity contribution in [1.29, 1.82) is 0 Å². The average molecular weight is 262 g/mol. The molecule has 0 aromatic heterocycles. The van der Waals surface area contributed by atoms with Gasteiger partial charge < -0.3 is 9.84 Å². The summed E-state index contributed by atoms with van der Waals surface area (Å²) in [4.78, 5) is 12.1. The topological polar surface area (TPSA) is 46.5 Å². The smallest absolute Gasteiger partial charge is 0.311 e. The van der Waals surface area contributed by atoms with Gasteiger partial charge in [0.15, 0.2) is 0 Å². The zero-order valence-corrected chi connectivity index (χ0v) is 11.7. The van der Waals surface area contributed by atoms with Gasteiger partial charge in [0.25, 0.3) is 0 Å². The molecular weight excluding hydrogens is 240 g/mol. The lowest BCUT2D eigenvalue weighted by atomic mass is 9.73. The molecule has 2 bridgehead atoms. The standard InChI is InChI=1S/C16H22O3/c1-16(2,3)15(18)19-12-7-6-11(17)13-9-4-5-10(8-9)14(12)13/h4-7,9-14,17H,8H2,1-3H3/t9?,10?,11-,12+,13-,14+/m0/s1. The molecule has 0 aromatic rings. The third-order valence-electron chi connectivity index (χ3n) is 4.71. The molecule has 0 spiro atoms. The van der Waals surface area contributed by atoms with Gasteiger partial charge in [-0.3, -0.25) is 4.79 Å². The van der Waals surface area contributed by atoms with Crippen molar-refractivity contribution in [2.45, 2.75) is 39.4 Å². The van der Waals surface area contributed by atoms with Crippen molar-refractivity contribution in [3.8, 4) is 0 Å². The van der Waals surface area contributed by atoms with Crippen LogP contribution in [-0.4, -0.2) is 23.3 Å². The summed E-state index contributed by atoms with van der Waals surface area (Å²) in [6.45, 7) is 5.61. The molecule has 1 fully saturated rings. The van der Waals surface area contributed by atoms with Crippen molar-refractivity contribution in [3.63, 3.8) is 0 Å². The lowest BCUT2D eigenvalue weighted by Gasteiger charge is -2.38. The molecule has 3 heteroatoms. The van der Waals surface area contributed by atoms with Crippen LogP contribution in [0.1, 0.15) is 27.2 Å². The fraction of sp³-hybridized carbons (Fsp3) is 0.688. The first-order chi connectivity index (χ1) is 8.88. The fourth-order valence-electron chi connectivity index (χ4n) is 3.74. The molecule has 1 N–H and O–H groups in total. The van der Waals surface area contributed by atoms with Crippen LogP contribution in [0.5, 0.6) is 0 Å². The highest BCUT2D eigenvalue weighted by Crippen LogP contribution is 2.53. The minimum atomic E-state index is -0.479. The Hall–Kier alpha value is -1.09. The van der Waals surface area contributed by atoms with E-state index in [2.05, 4.69) is 12.2 Å². The molecule has 3 aliphatic carbocycles. The number of rotatable bonds is 1. The number of allylic oxidation sites excluding steroid dienone is 2. The van der Waals surface area contributed by atoms with Crippen LogP contribution in [0.2, 0.25) is 0 Å². The van der Waals surface area contributed by atoms with Gasteiger partial charge in [0.05, 0.1) is 11.5 Å². The van der Waals surface area contributed by atoms with E-state index >= 15 is 0 Å². The fourth-order valence-corrected chi connectivity index (χ4v) is 3.74. The van der Waals surface area contributed by atoms with Crippen molar-refractivity contribution in [2.24, 2.45) is 29.1 Å². The average Bonchev–Trinajstić information content (AvgIpc) is 2.92. The van der Waals surface area contributed by atoms with Gasteiger partial charge in [-0.25, -0.2) is 0 Å². The SMILES string of the molecule is CC(C)(C)C(=O)O[C@@H]1C=C[C@H](O)[C@@H]2C3C=CC(C3)[C@@H]21. The Bertz CT molecular complexity index is 443. The Morgan fingerprint density at radius 3 is 2.37 bits per heavy atom. The van der Waals surface area contributed by atoms with Crippen LogP contribution in [0.15, 0.2) is 24.3 Å². The van der Waals surface area contributed by atoms with Gasteiger partial charge in [0, 0.05) is 11.8 Å². The first kappa shape index (κ1) is 12.9. The van der Waals surface area contributed by atoms with E-state index in [1.165, 1.54) is 0 Å². The van der Waals surface area contributed by atoms with E-state index < -0.39 is 11.5 Å². The van der Waals surface area contributed by atoms with Crippen molar-refractivity contribution in [1.82, 2.24) is 0 Å². The zero-order valence-electron chi connectivity index (χ0n) is 11.7. The van der Waals surface area contributed by atoms with Crippen LogP contribution in [0.25, 0.3) is 0 Å². The highest BCUT2D eigenvalue weighted by atomic mass is 16.5. The first-order valence-corrected chi connectivity index (χ1v) is 7.14. The van der Waals surface area contributed by atoms with E-state index in [4.69, 9.17) is 4.74 Å². The largest absolute Gasteiger partial charge is 0.457 e. The molecular formula is C16H22O3. The van der Waals surface area contributed by atoms with Gasteiger partial charge in [0.1, 0.15) is 6.10 Å². The van der Waals surface area contributed by atoms with E-state index in [1.54, 1.807) is 6.08 Å². The van der Waals surface area contributed by atoms with Crippen LogP contribution in [0.4, 0.5) is 0 Å². The monoisotopic (exact) mass is 262 g/mol. The third kappa shape index (κ3) is 2.04. The van der Waals surface area contributed by atoms with Crippen LogP contribution in [-0.2, 0) is 9.53 Å². The van der Waals surface area contributed by atoms with E-state index in [-0.39, 0.29) is 23.9 Å². The predicted octanol–water partition coefficient (Wildman–Crippen LogP) is 2.31. The van der Waals surface area contributed by atoms with Gasteiger partial charge >= 0.3 is 5.97 Å². The molecule has 0 saturated heterocycles. The summed E-state index contributed by atoms with van der Waals surface area (Å²) in [7, 11) is 0. The highest BCUT2D eigenvalue weighted by Gasteiger charge is 2.52. The summed E-state index contributed by atoms with van der Waals surface area (Å²) in [5.41, 5.74) is -0.479. The van der Waals surface area contributed by atoms with Crippen LogP contribution >= 0.6 is 0 Å². The Morgan fingerprint density at radius 2 is 1.74 bits per heavy atom. The minimum Gasteiger partial charge on any atom is -0.457 e. The van der Waals surface area contributed by atoms with Crippen molar-refractivity contribution >= 4 is 5.97 Å². The number of fused-ring (bicyclic) bond motifs is 5. The molecule has 0 heterocycles. The van der Waals surface area contributed by atoms with Gasteiger partial charge in [-0.2, -0.15) is 0 Å². The molecule has 3 nitrogen and oxygen atoms in total. The molecule has 3 aliphatic rings. The van der Waals surface area contributed by atoms with Crippen LogP contribution in [0.3, 0.4) is 0 Å².